The molecule has 0 unspecified atom stereocenters. The first-order valence-corrected chi connectivity index (χ1v) is 7.89. The van der Waals surface area contributed by atoms with E-state index in [9.17, 15) is 10.1 Å². The van der Waals surface area contributed by atoms with E-state index in [0.29, 0.717) is 5.70 Å². The smallest absolute Gasteiger partial charge is 0.270 e. The quantitative estimate of drug-likeness (QED) is 0.677. The second kappa shape index (κ2) is 7.14. The molecule has 3 rings (SSSR count). The van der Waals surface area contributed by atoms with Crippen LogP contribution in [0.5, 0.6) is 0 Å². The Morgan fingerprint density at radius 1 is 1.04 bits per heavy atom. The Hall–Kier alpha value is -2.86. The van der Waals surface area contributed by atoms with Crippen LogP contribution in [0.1, 0.15) is 5.56 Å². The van der Waals surface area contributed by atoms with Crippen molar-refractivity contribution in [3.8, 4) is 0 Å². The molecule has 1 aliphatic rings. The number of benzene rings is 2. The molecule has 0 aromatic heterocycles. The zero-order chi connectivity index (χ0) is 16.9. The number of piperazine rings is 1. The first-order chi connectivity index (χ1) is 11.6. The Morgan fingerprint density at radius 3 is 2.42 bits per heavy atom. The summed E-state index contributed by atoms with van der Waals surface area (Å²) in [6, 6.07) is 16.9. The number of nitro groups is 1. The molecule has 0 spiro atoms. The Kier molecular flexibility index (Phi) is 4.77. The van der Waals surface area contributed by atoms with E-state index in [0.717, 1.165) is 31.7 Å². The van der Waals surface area contributed by atoms with Crippen molar-refractivity contribution in [2.24, 2.45) is 0 Å². The lowest BCUT2D eigenvalue weighted by Gasteiger charge is -2.36. The summed E-state index contributed by atoms with van der Waals surface area (Å²) in [5, 5.41) is 13.0. The number of para-hydroxylation sites is 1. The highest BCUT2D eigenvalue weighted by atomic mass is 16.6. The number of hydrogen-bond donors (Lipinski definition) is 1. The predicted molar refractivity (Wildman–Crippen MR) is 95.5 cm³/mol. The van der Waals surface area contributed by atoms with Crippen LogP contribution >= 0.6 is 0 Å². The van der Waals surface area contributed by atoms with Crippen LogP contribution in [0, 0.1) is 10.1 Å². The van der Waals surface area contributed by atoms with Crippen LogP contribution in [-0.4, -0.2) is 36.1 Å². The van der Waals surface area contributed by atoms with E-state index >= 15 is 0 Å². The van der Waals surface area contributed by atoms with Gasteiger partial charge in [-0.1, -0.05) is 36.9 Å². The minimum absolute atomic E-state index is 0.0735. The fraction of sp³-hybridized carbons (Fsp3) is 0.222. The summed E-state index contributed by atoms with van der Waals surface area (Å²) in [4.78, 5) is 12.8. The first-order valence-electron chi connectivity index (χ1n) is 7.89. The highest BCUT2D eigenvalue weighted by Gasteiger charge is 2.18. The Morgan fingerprint density at radius 2 is 1.75 bits per heavy atom. The zero-order valence-corrected chi connectivity index (χ0v) is 13.4. The van der Waals surface area contributed by atoms with E-state index in [1.807, 2.05) is 24.3 Å². The van der Waals surface area contributed by atoms with Crippen molar-refractivity contribution in [1.29, 1.82) is 0 Å². The third-order valence-corrected chi connectivity index (χ3v) is 4.10. The van der Waals surface area contributed by atoms with Crippen LogP contribution in [0.2, 0.25) is 0 Å². The average molecular weight is 324 g/mol. The van der Waals surface area contributed by atoms with E-state index < -0.39 is 4.92 Å². The summed E-state index contributed by atoms with van der Waals surface area (Å²) >= 11 is 0. The van der Waals surface area contributed by atoms with Gasteiger partial charge in [0.25, 0.3) is 5.69 Å². The predicted octanol–water partition coefficient (Wildman–Crippen LogP) is 2.89. The van der Waals surface area contributed by atoms with Crippen molar-refractivity contribution < 1.29 is 4.92 Å². The summed E-state index contributed by atoms with van der Waals surface area (Å²) in [5.41, 5.74) is 5.97. The van der Waals surface area contributed by atoms with Gasteiger partial charge in [0.1, 0.15) is 0 Å². The molecule has 2 aromatic carbocycles. The number of nitrogens with zero attached hydrogens (tertiary/aromatic N) is 3. The molecule has 1 heterocycles. The SMILES string of the molecule is C=C(NN1CCN(c2ccccc2)CC1)c1cccc([N+](=O)[O-])c1. The lowest BCUT2D eigenvalue weighted by molar-refractivity contribution is -0.384. The fourth-order valence-electron chi connectivity index (χ4n) is 2.78. The molecular formula is C18H20N4O2. The van der Waals surface area contributed by atoms with Crippen molar-refractivity contribution in [2.45, 2.75) is 0 Å². The topological polar surface area (TPSA) is 61.6 Å². The molecule has 6 nitrogen and oxygen atoms in total. The van der Waals surface area contributed by atoms with E-state index in [2.05, 4.69) is 34.0 Å². The molecule has 0 amide bonds. The van der Waals surface area contributed by atoms with Crippen LogP contribution in [-0.2, 0) is 0 Å². The van der Waals surface area contributed by atoms with Crippen LogP contribution in [0.25, 0.3) is 5.70 Å². The van der Waals surface area contributed by atoms with Gasteiger partial charge in [0, 0.05) is 55.3 Å². The standard InChI is InChI=1S/C18H20N4O2/c1-15(16-6-5-9-18(14-16)22(23)24)19-21-12-10-20(11-13-21)17-7-3-2-4-8-17/h2-9,14,19H,1,10-13H2. The maximum atomic E-state index is 10.9. The number of hydrogen-bond acceptors (Lipinski definition) is 5. The van der Waals surface area contributed by atoms with Gasteiger partial charge >= 0.3 is 0 Å². The highest BCUT2D eigenvalue weighted by Crippen LogP contribution is 2.19. The molecule has 2 aromatic rings. The van der Waals surface area contributed by atoms with E-state index in [-0.39, 0.29) is 5.69 Å². The molecular weight excluding hydrogens is 304 g/mol. The zero-order valence-electron chi connectivity index (χ0n) is 13.4. The molecule has 1 saturated heterocycles. The summed E-state index contributed by atoms with van der Waals surface area (Å²) in [6.07, 6.45) is 0. The third kappa shape index (κ3) is 3.72. The third-order valence-electron chi connectivity index (χ3n) is 4.10. The number of anilines is 1. The monoisotopic (exact) mass is 324 g/mol. The van der Waals surface area contributed by atoms with Crippen molar-refractivity contribution in [3.05, 3.63) is 76.9 Å². The molecule has 1 aliphatic heterocycles. The van der Waals surface area contributed by atoms with Crippen LogP contribution in [0.4, 0.5) is 11.4 Å². The minimum atomic E-state index is -0.393. The van der Waals surface area contributed by atoms with E-state index in [4.69, 9.17) is 0 Å². The van der Waals surface area contributed by atoms with Crippen molar-refractivity contribution in [1.82, 2.24) is 10.4 Å². The Balaban J connectivity index is 1.57. The van der Waals surface area contributed by atoms with Crippen LogP contribution in [0.15, 0.2) is 61.2 Å². The minimum Gasteiger partial charge on any atom is -0.369 e. The summed E-state index contributed by atoms with van der Waals surface area (Å²) < 4.78 is 0. The fourth-order valence-corrected chi connectivity index (χ4v) is 2.78. The van der Waals surface area contributed by atoms with Crippen molar-refractivity contribution in [3.63, 3.8) is 0 Å². The van der Waals surface area contributed by atoms with Gasteiger partial charge in [0.05, 0.1) is 4.92 Å². The van der Waals surface area contributed by atoms with Gasteiger partial charge in [-0.2, -0.15) is 0 Å². The normalized spacial score (nSPS) is 15.1. The van der Waals surface area contributed by atoms with Gasteiger partial charge in [-0.15, -0.1) is 0 Å². The van der Waals surface area contributed by atoms with E-state index in [1.165, 1.54) is 17.8 Å². The molecule has 0 radical (unpaired) electrons. The second-order valence-electron chi connectivity index (χ2n) is 5.71. The molecule has 24 heavy (non-hydrogen) atoms. The van der Waals surface area contributed by atoms with Crippen molar-refractivity contribution >= 4 is 17.1 Å². The summed E-state index contributed by atoms with van der Waals surface area (Å²) in [5.74, 6) is 0. The number of nitrogens with one attached hydrogen (secondary N) is 1. The molecule has 0 atom stereocenters. The molecule has 1 fully saturated rings. The van der Waals surface area contributed by atoms with Gasteiger partial charge in [-0.3, -0.25) is 10.1 Å². The molecule has 124 valence electrons. The summed E-state index contributed by atoms with van der Waals surface area (Å²) in [7, 11) is 0. The molecule has 1 N–H and O–H groups in total. The molecule has 0 bridgehead atoms. The number of hydrazine groups is 1. The van der Waals surface area contributed by atoms with Gasteiger partial charge in [-0.05, 0) is 12.1 Å². The van der Waals surface area contributed by atoms with Gasteiger partial charge in [0.15, 0.2) is 0 Å². The maximum Gasteiger partial charge on any atom is 0.270 e. The number of non-ortho nitro benzene ring substituents is 1. The van der Waals surface area contributed by atoms with Crippen molar-refractivity contribution in [2.75, 3.05) is 31.1 Å². The largest absolute Gasteiger partial charge is 0.369 e. The number of nitro benzene ring substituents is 1. The second-order valence-corrected chi connectivity index (χ2v) is 5.71. The Bertz CT molecular complexity index is 725. The maximum absolute atomic E-state index is 10.9. The van der Waals surface area contributed by atoms with Gasteiger partial charge in [-0.25, -0.2) is 5.01 Å². The van der Waals surface area contributed by atoms with Crippen LogP contribution < -0.4 is 10.3 Å². The highest BCUT2D eigenvalue weighted by molar-refractivity contribution is 5.63. The molecule has 0 aliphatic carbocycles. The number of rotatable bonds is 5. The lowest BCUT2D eigenvalue weighted by Crippen LogP contribution is -2.51. The van der Waals surface area contributed by atoms with Gasteiger partial charge < -0.3 is 10.3 Å². The van der Waals surface area contributed by atoms with Gasteiger partial charge in [0.2, 0.25) is 0 Å². The molecule has 0 saturated carbocycles. The Labute approximate surface area is 141 Å². The average Bonchev–Trinajstić information content (AvgIpc) is 2.63. The lowest BCUT2D eigenvalue weighted by atomic mass is 10.1. The molecule has 6 heteroatoms. The van der Waals surface area contributed by atoms with E-state index in [1.54, 1.807) is 6.07 Å². The first kappa shape index (κ1) is 16.0. The summed E-state index contributed by atoms with van der Waals surface area (Å²) in [6.45, 7) is 7.54. The van der Waals surface area contributed by atoms with Crippen LogP contribution in [0.3, 0.4) is 0 Å².